The fraction of sp³-hybridized carbons (Fsp3) is 0.125. The van der Waals surface area contributed by atoms with Crippen LogP contribution in [0, 0.1) is 0 Å². The van der Waals surface area contributed by atoms with Crippen molar-refractivity contribution < 1.29 is 9.32 Å². The van der Waals surface area contributed by atoms with Crippen LogP contribution in [0.5, 0.6) is 0 Å². The van der Waals surface area contributed by atoms with E-state index in [1.807, 2.05) is 18.2 Å². The first-order valence-electron chi connectivity index (χ1n) is 7.85. The van der Waals surface area contributed by atoms with E-state index in [9.17, 15) is 9.32 Å². The number of nitrogens with zero attached hydrogens (tertiary/aromatic N) is 2. The summed E-state index contributed by atoms with van der Waals surface area (Å²) >= 11 is 1.36. The molecule has 0 saturated carbocycles. The molecule has 11 heteroatoms. The Morgan fingerprint density at radius 3 is 2.74 bits per heavy atom. The van der Waals surface area contributed by atoms with E-state index < -0.39 is 11.0 Å². The monoisotopic (exact) mass is 405 g/mol. The number of anilines is 1. The van der Waals surface area contributed by atoms with E-state index in [1.54, 1.807) is 12.1 Å². The van der Waals surface area contributed by atoms with Crippen molar-refractivity contribution >= 4 is 43.5 Å². The average Bonchev–Trinajstić information content (AvgIpc) is 3.01. The lowest BCUT2D eigenvalue weighted by atomic mass is 9.95. The minimum atomic E-state index is -1.87. The summed E-state index contributed by atoms with van der Waals surface area (Å²) in [6.45, 7) is -0.132. The summed E-state index contributed by atoms with van der Waals surface area (Å²) in [5, 5.41) is 19.3. The van der Waals surface area contributed by atoms with Gasteiger partial charge in [-0.25, -0.2) is 25.7 Å². The maximum atomic E-state index is 12.3. The number of hydrogen-bond acceptors (Lipinski definition) is 8. The first-order chi connectivity index (χ1) is 13.0. The molecule has 142 valence electrons. The molecule has 0 aliphatic heterocycles. The van der Waals surface area contributed by atoms with E-state index in [-0.39, 0.29) is 18.9 Å². The number of nitrogen functional groups attached to an aromatic ring is 1. The Kier molecular flexibility index (Phi) is 5.68. The molecule has 10 N–H and O–H groups in total. The van der Waals surface area contributed by atoms with Gasteiger partial charge in [0.05, 0.1) is 15.1 Å². The lowest BCUT2D eigenvalue weighted by Crippen LogP contribution is -2.26. The van der Waals surface area contributed by atoms with E-state index in [0.717, 1.165) is 10.3 Å². The number of thiazole rings is 1. The Labute approximate surface area is 161 Å². The molecule has 2 aromatic carbocycles. The van der Waals surface area contributed by atoms with Gasteiger partial charge in [0, 0.05) is 17.7 Å². The highest BCUT2D eigenvalue weighted by Gasteiger charge is 2.22. The Balaban J connectivity index is 2.40. The van der Waals surface area contributed by atoms with Crippen LogP contribution in [-0.2, 0) is 17.4 Å². The molecule has 0 amide bonds. The molecular formula is C16H19N7O2S2. The summed E-state index contributed by atoms with van der Waals surface area (Å²) in [5.74, 6) is 5.30. The third-order valence-corrected chi connectivity index (χ3v) is 5.71. The molecule has 9 nitrogen and oxygen atoms in total. The zero-order chi connectivity index (χ0) is 19.6. The summed E-state index contributed by atoms with van der Waals surface area (Å²) in [5.41, 5.74) is 17.2. The molecule has 0 bridgehead atoms. The smallest absolute Gasteiger partial charge is 0.181 e. The number of hydrazine groups is 1. The first-order valence-corrected chi connectivity index (χ1v) is 9.88. The van der Waals surface area contributed by atoms with Crippen LogP contribution in [0.4, 0.5) is 5.13 Å². The summed E-state index contributed by atoms with van der Waals surface area (Å²) in [7, 11) is -1.87. The van der Waals surface area contributed by atoms with E-state index in [2.05, 4.69) is 15.6 Å². The van der Waals surface area contributed by atoms with Crippen molar-refractivity contribution in [3.05, 3.63) is 41.5 Å². The van der Waals surface area contributed by atoms with Crippen molar-refractivity contribution in [3.8, 4) is 11.1 Å². The fourth-order valence-corrected chi connectivity index (χ4v) is 4.57. The second kappa shape index (κ2) is 7.98. The lowest BCUT2D eigenvalue weighted by Gasteiger charge is -2.17. The van der Waals surface area contributed by atoms with Gasteiger partial charge in [-0.3, -0.25) is 0 Å². The Morgan fingerprint density at radius 1 is 1.30 bits per heavy atom. The quantitative estimate of drug-likeness (QED) is 0.146. The first kappa shape index (κ1) is 19.2. The number of benzene rings is 2. The molecule has 1 unspecified atom stereocenters. The second-order valence-corrected chi connectivity index (χ2v) is 7.64. The number of amidine groups is 1. The molecule has 0 aliphatic rings. The van der Waals surface area contributed by atoms with Gasteiger partial charge in [-0.1, -0.05) is 35.6 Å². The number of aliphatic hydroxyl groups excluding tert-OH is 1. The van der Waals surface area contributed by atoms with Gasteiger partial charge in [-0.2, -0.15) is 0 Å². The van der Waals surface area contributed by atoms with Crippen LogP contribution < -0.4 is 28.0 Å². The largest absolute Gasteiger partial charge is 0.396 e. The van der Waals surface area contributed by atoms with E-state index >= 15 is 0 Å². The fourth-order valence-electron chi connectivity index (χ4n) is 2.96. The number of nitrogens with one attached hydrogen (secondary N) is 1. The Bertz CT molecular complexity index is 1050. The Morgan fingerprint density at radius 2 is 2.07 bits per heavy atom. The number of hydrogen-bond donors (Lipinski definition) is 6. The Hall–Kier alpha value is -2.57. The van der Waals surface area contributed by atoms with Crippen molar-refractivity contribution in [2.75, 3.05) is 12.3 Å². The summed E-state index contributed by atoms with van der Waals surface area (Å²) < 4.78 is 13.2. The predicted molar refractivity (Wildman–Crippen MR) is 109 cm³/mol. The van der Waals surface area contributed by atoms with Crippen molar-refractivity contribution in [2.24, 2.45) is 21.8 Å². The average molecular weight is 406 g/mol. The van der Waals surface area contributed by atoms with Crippen LogP contribution >= 0.6 is 11.3 Å². The third-order valence-electron chi connectivity index (χ3n) is 3.99. The highest BCUT2D eigenvalue weighted by atomic mass is 32.2. The van der Waals surface area contributed by atoms with Gasteiger partial charge >= 0.3 is 0 Å². The van der Waals surface area contributed by atoms with E-state index in [0.29, 0.717) is 32.2 Å². The van der Waals surface area contributed by atoms with E-state index in [1.165, 1.54) is 11.3 Å². The van der Waals surface area contributed by atoms with Gasteiger partial charge in [0.1, 0.15) is 11.0 Å². The molecule has 1 aromatic heterocycles. The second-order valence-electron chi connectivity index (χ2n) is 5.58. The maximum absolute atomic E-state index is 12.3. The SMILES string of the molecule is NN/N=C(\N)c1c(-c2cccc3sc(N)nc23)ccc(CCO)c1S(N)=O. The molecule has 27 heavy (non-hydrogen) atoms. The topological polar surface area (TPSA) is 179 Å². The van der Waals surface area contributed by atoms with Crippen molar-refractivity contribution in [3.63, 3.8) is 0 Å². The van der Waals surface area contributed by atoms with Crippen molar-refractivity contribution in [2.45, 2.75) is 11.3 Å². The number of hydrazone groups is 1. The number of fused-ring (bicyclic) bond motifs is 1. The molecule has 1 heterocycles. The van der Waals surface area contributed by atoms with Gasteiger partial charge in [0.15, 0.2) is 11.0 Å². The number of rotatable bonds is 6. The molecule has 0 spiro atoms. The number of nitrogens with two attached hydrogens (primary N) is 4. The molecule has 0 radical (unpaired) electrons. The van der Waals surface area contributed by atoms with Gasteiger partial charge < -0.3 is 16.6 Å². The number of aliphatic hydroxyl groups is 1. The minimum absolute atomic E-state index is 0.0151. The van der Waals surface area contributed by atoms with Crippen LogP contribution in [0.2, 0.25) is 0 Å². The van der Waals surface area contributed by atoms with Crippen molar-refractivity contribution in [1.82, 2.24) is 10.5 Å². The van der Waals surface area contributed by atoms with Gasteiger partial charge in [-0.15, -0.1) is 5.10 Å². The zero-order valence-electron chi connectivity index (χ0n) is 14.2. The molecule has 0 fully saturated rings. The van der Waals surface area contributed by atoms with Crippen molar-refractivity contribution in [1.29, 1.82) is 0 Å². The lowest BCUT2D eigenvalue weighted by molar-refractivity contribution is 0.299. The van der Waals surface area contributed by atoms with Crippen LogP contribution in [0.25, 0.3) is 21.3 Å². The summed E-state index contributed by atoms with van der Waals surface area (Å²) in [6, 6.07) is 9.20. The normalized spacial score (nSPS) is 13.1. The highest BCUT2D eigenvalue weighted by Crippen LogP contribution is 2.36. The highest BCUT2D eigenvalue weighted by molar-refractivity contribution is 7.82. The number of aromatic nitrogens is 1. The summed E-state index contributed by atoms with van der Waals surface area (Å²) in [4.78, 5) is 4.69. The molecular weight excluding hydrogens is 386 g/mol. The summed E-state index contributed by atoms with van der Waals surface area (Å²) in [6.07, 6.45) is 0.267. The van der Waals surface area contributed by atoms with Crippen LogP contribution in [0.1, 0.15) is 11.1 Å². The molecule has 0 saturated heterocycles. The van der Waals surface area contributed by atoms with Crippen LogP contribution in [0.3, 0.4) is 0 Å². The molecule has 3 aromatic rings. The van der Waals surface area contributed by atoms with Gasteiger partial charge in [-0.05, 0) is 23.6 Å². The molecule has 0 aliphatic carbocycles. The van der Waals surface area contributed by atoms with Gasteiger partial charge in [0.2, 0.25) is 0 Å². The number of para-hydroxylation sites is 1. The minimum Gasteiger partial charge on any atom is -0.396 e. The third kappa shape index (κ3) is 3.63. The van der Waals surface area contributed by atoms with Crippen LogP contribution in [0.15, 0.2) is 40.3 Å². The molecule has 3 rings (SSSR count). The standard InChI is InChI=1S/C16H19N7O2S2/c17-15(22-23-19)12-9(5-4-8(6-7-24)14(12)27(20)25)10-2-1-3-11-13(10)21-16(18)26-11/h1-5,23-24H,6-7,19-20H2,(H2,17,22)(H2,18,21). The molecule has 1 atom stereocenters. The van der Waals surface area contributed by atoms with Gasteiger partial charge in [0.25, 0.3) is 0 Å². The van der Waals surface area contributed by atoms with Crippen LogP contribution in [-0.4, -0.2) is 26.7 Å². The maximum Gasteiger partial charge on any atom is 0.181 e. The zero-order valence-corrected chi connectivity index (χ0v) is 15.8. The predicted octanol–water partition coefficient (Wildman–Crippen LogP) is 0.145. The van der Waals surface area contributed by atoms with E-state index in [4.69, 9.17) is 22.4 Å².